The second kappa shape index (κ2) is 7.43. The van der Waals surface area contributed by atoms with Crippen molar-refractivity contribution in [2.24, 2.45) is 0 Å². The number of ether oxygens (including phenoxy) is 1. The molecule has 4 rings (SSSR count). The first-order chi connectivity index (χ1) is 12.7. The Morgan fingerprint density at radius 2 is 2.19 bits per heavy atom. The summed E-state index contributed by atoms with van der Waals surface area (Å²) >= 11 is 1.36. The summed E-state index contributed by atoms with van der Waals surface area (Å²) in [6.45, 7) is 0. The van der Waals surface area contributed by atoms with Crippen molar-refractivity contribution in [3.8, 4) is 32.6 Å². The van der Waals surface area contributed by atoms with E-state index in [0.717, 1.165) is 30.4 Å². The van der Waals surface area contributed by atoms with Gasteiger partial charge in [0.2, 0.25) is 0 Å². The maximum atomic E-state index is 10.4. The number of nitrogens with zero attached hydrogens (tertiary/aromatic N) is 3. The summed E-state index contributed by atoms with van der Waals surface area (Å²) in [6, 6.07) is 5.99. The molecule has 1 fully saturated rings. The zero-order valence-corrected chi connectivity index (χ0v) is 15.3. The van der Waals surface area contributed by atoms with Crippen LogP contribution in [0, 0.1) is 0 Å². The molecule has 1 saturated carbocycles. The largest absolute Gasteiger partial charge is 0.507 e. The topological polar surface area (TPSA) is 96.0 Å². The molecular formula is C18H21N5O2S. The van der Waals surface area contributed by atoms with Crippen LogP contribution in [-0.4, -0.2) is 44.7 Å². The first-order valence-electron chi connectivity index (χ1n) is 8.73. The lowest BCUT2D eigenvalue weighted by Crippen LogP contribution is -2.36. The van der Waals surface area contributed by atoms with Gasteiger partial charge in [0, 0.05) is 17.8 Å². The van der Waals surface area contributed by atoms with Gasteiger partial charge in [-0.05, 0) is 50.4 Å². The molecule has 26 heavy (non-hydrogen) atoms. The number of phenols is 1. The number of H-pyrrole nitrogens is 1. The van der Waals surface area contributed by atoms with Crippen molar-refractivity contribution in [3.63, 3.8) is 0 Å². The first-order valence-corrected chi connectivity index (χ1v) is 9.54. The molecule has 0 aliphatic heterocycles. The molecule has 2 aromatic heterocycles. The maximum absolute atomic E-state index is 10.4. The second-order valence-electron chi connectivity index (χ2n) is 6.48. The molecule has 1 unspecified atom stereocenters. The average molecular weight is 371 g/mol. The van der Waals surface area contributed by atoms with Crippen molar-refractivity contribution in [1.82, 2.24) is 25.7 Å². The SMILES string of the molecule is CNC1CCC[C@@H](Oc2nnc(-c3ccc(-c4cn[nH]c4)cc3O)s2)C1. The lowest BCUT2D eigenvalue weighted by molar-refractivity contribution is 0.135. The lowest BCUT2D eigenvalue weighted by atomic mass is 9.93. The molecule has 1 aromatic carbocycles. The summed E-state index contributed by atoms with van der Waals surface area (Å²) < 4.78 is 6.02. The smallest absolute Gasteiger partial charge is 0.294 e. The van der Waals surface area contributed by atoms with Gasteiger partial charge in [-0.15, -0.1) is 5.10 Å². The van der Waals surface area contributed by atoms with Gasteiger partial charge < -0.3 is 15.2 Å². The highest BCUT2D eigenvalue weighted by molar-refractivity contribution is 7.16. The van der Waals surface area contributed by atoms with Crippen molar-refractivity contribution in [2.75, 3.05) is 7.05 Å². The van der Waals surface area contributed by atoms with Crippen LogP contribution in [0.15, 0.2) is 30.6 Å². The van der Waals surface area contributed by atoms with Gasteiger partial charge in [0.05, 0.1) is 11.8 Å². The van der Waals surface area contributed by atoms with Crippen LogP contribution >= 0.6 is 11.3 Å². The van der Waals surface area contributed by atoms with Crippen molar-refractivity contribution in [3.05, 3.63) is 30.6 Å². The number of aromatic amines is 1. The van der Waals surface area contributed by atoms with Gasteiger partial charge in [-0.3, -0.25) is 5.10 Å². The Labute approximate surface area is 155 Å². The molecule has 136 valence electrons. The molecule has 0 spiro atoms. The van der Waals surface area contributed by atoms with E-state index in [9.17, 15) is 5.11 Å². The monoisotopic (exact) mass is 371 g/mol. The number of hydrogen-bond donors (Lipinski definition) is 3. The standard InChI is InChI=1S/C18H21N5O2S/c1-19-13-3-2-4-14(8-13)25-18-23-22-17(26-18)15-6-5-11(7-16(15)24)12-9-20-21-10-12/h5-7,9-10,13-14,19,24H,2-4,8H2,1H3,(H,20,21)/t13?,14-/m1/s1. The second-order valence-corrected chi connectivity index (χ2v) is 7.42. The van der Waals surface area contributed by atoms with Crippen LogP contribution in [0.25, 0.3) is 21.7 Å². The zero-order valence-electron chi connectivity index (χ0n) is 14.5. The normalized spacial score (nSPS) is 20.2. The number of nitrogens with one attached hydrogen (secondary N) is 2. The number of hydrogen-bond acceptors (Lipinski definition) is 7. The highest BCUT2D eigenvalue weighted by atomic mass is 32.1. The number of aromatic nitrogens is 4. The molecular weight excluding hydrogens is 350 g/mol. The van der Waals surface area contributed by atoms with Crippen molar-refractivity contribution in [1.29, 1.82) is 0 Å². The molecule has 0 amide bonds. The Hall–Kier alpha value is -2.45. The molecule has 3 aromatic rings. The Bertz CT molecular complexity index is 864. The third-order valence-corrected chi connectivity index (χ3v) is 5.62. The Morgan fingerprint density at radius 1 is 1.27 bits per heavy atom. The zero-order chi connectivity index (χ0) is 17.9. The van der Waals surface area contributed by atoms with Crippen molar-refractivity contribution in [2.45, 2.75) is 37.8 Å². The van der Waals surface area contributed by atoms with Gasteiger partial charge in [-0.1, -0.05) is 22.5 Å². The Morgan fingerprint density at radius 3 is 2.96 bits per heavy atom. The molecule has 0 radical (unpaired) electrons. The van der Waals surface area contributed by atoms with Crippen LogP contribution in [0.4, 0.5) is 0 Å². The van der Waals surface area contributed by atoms with Crippen LogP contribution in [0.3, 0.4) is 0 Å². The van der Waals surface area contributed by atoms with Gasteiger partial charge in [0.25, 0.3) is 5.19 Å². The van der Waals surface area contributed by atoms with E-state index in [1.54, 1.807) is 18.5 Å². The highest BCUT2D eigenvalue weighted by Crippen LogP contribution is 2.37. The van der Waals surface area contributed by atoms with Crippen LogP contribution in [0.5, 0.6) is 10.9 Å². The minimum atomic E-state index is 0.166. The van der Waals surface area contributed by atoms with E-state index in [2.05, 4.69) is 25.7 Å². The van der Waals surface area contributed by atoms with Crippen LogP contribution in [-0.2, 0) is 0 Å². The summed E-state index contributed by atoms with van der Waals surface area (Å²) in [4.78, 5) is 0. The average Bonchev–Trinajstić information content (AvgIpc) is 3.34. The van der Waals surface area contributed by atoms with E-state index in [1.165, 1.54) is 17.8 Å². The molecule has 7 nitrogen and oxygen atoms in total. The number of rotatable bonds is 5. The number of phenolic OH excluding ortho intramolecular Hbond substituents is 1. The molecule has 0 saturated heterocycles. The van der Waals surface area contributed by atoms with Crippen LogP contribution < -0.4 is 10.1 Å². The van der Waals surface area contributed by atoms with Gasteiger partial charge >= 0.3 is 0 Å². The van der Waals surface area contributed by atoms with E-state index in [4.69, 9.17) is 4.74 Å². The molecule has 3 N–H and O–H groups in total. The van der Waals surface area contributed by atoms with E-state index in [-0.39, 0.29) is 11.9 Å². The Balaban J connectivity index is 1.49. The summed E-state index contributed by atoms with van der Waals surface area (Å²) in [5.74, 6) is 0.166. The summed E-state index contributed by atoms with van der Waals surface area (Å²) in [7, 11) is 1.99. The summed E-state index contributed by atoms with van der Waals surface area (Å²) in [6.07, 6.45) is 8.03. The fourth-order valence-electron chi connectivity index (χ4n) is 3.32. The van der Waals surface area contributed by atoms with E-state index in [0.29, 0.717) is 21.8 Å². The predicted octanol–water partition coefficient (Wildman–Crippen LogP) is 3.21. The number of aromatic hydroxyl groups is 1. The van der Waals surface area contributed by atoms with E-state index >= 15 is 0 Å². The van der Waals surface area contributed by atoms with Crippen LogP contribution in [0.1, 0.15) is 25.7 Å². The third kappa shape index (κ3) is 3.56. The number of benzene rings is 1. The fraction of sp³-hybridized carbons (Fsp3) is 0.389. The quantitative estimate of drug-likeness (QED) is 0.637. The molecule has 8 heteroatoms. The minimum Gasteiger partial charge on any atom is -0.507 e. The van der Waals surface area contributed by atoms with E-state index < -0.39 is 0 Å². The third-order valence-electron chi connectivity index (χ3n) is 4.77. The molecule has 1 aliphatic carbocycles. The molecule has 2 heterocycles. The van der Waals surface area contributed by atoms with Gasteiger partial charge in [0.15, 0.2) is 5.01 Å². The predicted molar refractivity (Wildman–Crippen MR) is 100 cm³/mol. The van der Waals surface area contributed by atoms with Crippen LogP contribution in [0.2, 0.25) is 0 Å². The molecule has 2 atom stereocenters. The van der Waals surface area contributed by atoms with Gasteiger partial charge in [0.1, 0.15) is 11.9 Å². The molecule has 1 aliphatic rings. The van der Waals surface area contributed by atoms with E-state index in [1.807, 2.05) is 19.2 Å². The summed E-state index contributed by atoms with van der Waals surface area (Å²) in [5, 5.41) is 30.0. The minimum absolute atomic E-state index is 0.166. The lowest BCUT2D eigenvalue weighted by Gasteiger charge is -2.28. The summed E-state index contributed by atoms with van der Waals surface area (Å²) in [5.41, 5.74) is 2.46. The van der Waals surface area contributed by atoms with Crippen molar-refractivity contribution >= 4 is 11.3 Å². The highest BCUT2D eigenvalue weighted by Gasteiger charge is 2.23. The van der Waals surface area contributed by atoms with Gasteiger partial charge in [-0.25, -0.2) is 0 Å². The van der Waals surface area contributed by atoms with Gasteiger partial charge in [-0.2, -0.15) is 5.10 Å². The fourth-order valence-corrected chi connectivity index (χ4v) is 4.12. The Kier molecular flexibility index (Phi) is 4.85. The maximum Gasteiger partial charge on any atom is 0.294 e. The first kappa shape index (κ1) is 17.0. The molecule has 0 bridgehead atoms. The van der Waals surface area contributed by atoms with Crippen molar-refractivity contribution < 1.29 is 9.84 Å².